The van der Waals surface area contributed by atoms with E-state index in [1.54, 1.807) is 16.9 Å². The van der Waals surface area contributed by atoms with E-state index in [2.05, 4.69) is 15.6 Å². The second kappa shape index (κ2) is 7.86. The first kappa shape index (κ1) is 18.4. The van der Waals surface area contributed by atoms with E-state index in [4.69, 9.17) is 4.52 Å². The van der Waals surface area contributed by atoms with Gasteiger partial charge in [0.25, 0.3) is 5.91 Å². The summed E-state index contributed by atoms with van der Waals surface area (Å²) < 4.78 is 6.88. The van der Waals surface area contributed by atoms with Gasteiger partial charge in [0.1, 0.15) is 6.54 Å². The van der Waals surface area contributed by atoms with Crippen LogP contribution in [0.2, 0.25) is 0 Å². The number of nitrogens with one attached hydrogen (secondary N) is 1. The van der Waals surface area contributed by atoms with Crippen molar-refractivity contribution in [1.29, 1.82) is 0 Å². The fraction of sp³-hybridized carbons (Fsp3) is 0.263. The molecule has 0 fully saturated rings. The summed E-state index contributed by atoms with van der Waals surface area (Å²) >= 11 is 0. The number of amides is 1. The molecule has 2 heterocycles. The maximum atomic E-state index is 12.5. The van der Waals surface area contributed by atoms with Crippen LogP contribution >= 0.6 is 0 Å². The summed E-state index contributed by atoms with van der Waals surface area (Å²) in [5.74, 6) is -1.01. The van der Waals surface area contributed by atoms with Crippen molar-refractivity contribution >= 4 is 11.9 Å². The molecule has 2 N–H and O–H groups in total. The predicted octanol–water partition coefficient (Wildman–Crippen LogP) is 2.48. The Bertz CT molecular complexity index is 960. The molecule has 0 saturated heterocycles. The number of rotatable bonds is 7. The lowest BCUT2D eigenvalue weighted by molar-refractivity contribution is -0.137. The molecule has 3 rings (SSSR count). The summed E-state index contributed by atoms with van der Waals surface area (Å²) in [7, 11) is 0. The van der Waals surface area contributed by atoms with Gasteiger partial charge in [0, 0.05) is 12.3 Å². The monoisotopic (exact) mass is 368 g/mol. The molecular weight excluding hydrogens is 348 g/mol. The maximum Gasteiger partial charge on any atom is 0.305 e. The zero-order valence-corrected chi connectivity index (χ0v) is 15.0. The summed E-state index contributed by atoms with van der Waals surface area (Å²) in [5, 5.41) is 19.9. The lowest BCUT2D eigenvalue weighted by atomic mass is 9.98. The maximum absolute atomic E-state index is 12.5. The average Bonchev–Trinajstić information content (AvgIpc) is 3.24. The number of carboxylic acids is 1. The Morgan fingerprint density at radius 3 is 2.74 bits per heavy atom. The fourth-order valence-corrected chi connectivity index (χ4v) is 2.83. The first-order valence-corrected chi connectivity index (χ1v) is 8.45. The summed E-state index contributed by atoms with van der Waals surface area (Å²) in [6, 6.07) is 8.21. The molecule has 8 heteroatoms. The molecule has 0 spiro atoms. The highest BCUT2D eigenvalue weighted by atomic mass is 16.5. The van der Waals surface area contributed by atoms with Gasteiger partial charge in [0.15, 0.2) is 11.5 Å². The van der Waals surface area contributed by atoms with E-state index in [-0.39, 0.29) is 12.1 Å². The van der Waals surface area contributed by atoms with Crippen molar-refractivity contribution in [2.24, 2.45) is 0 Å². The molecule has 0 bridgehead atoms. The molecule has 1 unspecified atom stereocenters. The molecule has 0 aliphatic carbocycles. The number of hydrogen-bond acceptors (Lipinski definition) is 5. The molecule has 0 aliphatic heterocycles. The Labute approximate surface area is 155 Å². The number of aliphatic carboxylic acids is 1. The van der Waals surface area contributed by atoms with E-state index < -0.39 is 17.9 Å². The molecule has 140 valence electrons. The highest BCUT2D eigenvalue weighted by molar-refractivity contribution is 5.92. The van der Waals surface area contributed by atoms with Crippen molar-refractivity contribution in [1.82, 2.24) is 20.3 Å². The number of nitrogens with zero attached hydrogens (tertiary/aromatic N) is 3. The van der Waals surface area contributed by atoms with Gasteiger partial charge in [-0.15, -0.1) is 0 Å². The van der Waals surface area contributed by atoms with Crippen LogP contribution in [0.25, 0.3) is 0 Å². The van der Waals surface area contributed by atoms with Gasteiger partial charge in [-0.05, 0) is 30.5 Å². The standard InChI is InChI=1S/C19H20N4O4/c1-12-9-20-23(10-12)11-14-7-17(22-27-14)19(26)21-16(8-18(24)25)15-6-4-3-5-13(15)2/h3-7,9-10,16H,8,11H2,1-2H3,(H,21,26)(H,24,25). The van der Waals surface area contributed by atoms with E-state index in [1.165, 1.54) is 6.07 Å². The third kappa shape index (κ3) is 4.60. The van der Waals surface area contributed by atoms with Gasteiger partial charge in [-0.2, -0.15) is 5.10 Å². The molecule has 0 saturated carbocycles. The van der Waals surface area contributed by atoms with E-state index >= 15 is 0 Å². The first-order valence-electron chi connectivity index (χ1n) is 8.45. The quantitative estimate of drug-likeness (QED) is 0.663. The van der Waals surface area contributed by atoms with Crippen molar-refractivity contribution in [2.75, 3.05) is 0 Å². The van der Waals surface area contributed by atoms with E-state index in [0.29, 0.717) is 12.3 Å². The first-order chi connectivity index (χ1) is 12.9. The van der Waals surface area contributed by atoms with Crippen LogP contribution in [-0.2, 0) is 11.3 Å². The Kier molecular flexibility index (Phi) is 5.35. The minimum absolute atomic E-state index is 0.0952. The van der Waals surface area contributed by atoms with Crippen molar-refractivity contribution in [3.8, 4) is 0 Å². The number of carbonyl (C=O) groups excluding carboxylic acids is 1. The zero-order valence-electron chi connectivity index (χ0n) is 15.0. The zero-order chi connectivity index (χ0) is 19.4. The van der Waals surface area contributed by atoms with Crippen LogP contribution in [-0.4, -0.2) is 31.9 Å². The SMILES string of the molecule is Cc1cnn(Cc2cc(C(=O)NC(CC(=O)O)c3ccccc3C)no2)c1. The highest BCUT2D eigenvalue weighted by Crippen LogP contribution is 2.21. The molecule has 1 amide bonds. The largest absolute Gasteiger partial charge is 0.481 e. The third-order valence-corrected chi connectivity index (χ3v) is 4.12. The van der Waals surface area contributed by atoms with Crippen molar-refractivity contribution in [2.45, 2.75) is 32.9 Å². The number of benzene rings is 1. The van der Waals surface area contributed by atoms with Crippen molar-refractivity contribution in [3.05, 3.63) is 70.9 Å². The lowest BCUT2D eigenvalue weighted by Gasteiger charge is -2.18. The van der Waals surface area contributed by atoms with E-state index in [9.17, 15) is 14.7 Å². The average molecular weight is 368 g/mol. The third-order valence-electron chi connectivity index (χ3n) is 4.12. The smallest absolute Gasteiger partial charge is 0.305 e. The molecule has 1 aromatic carbocycles. The van der Waals surface area contributed by atoms with Crippen molar-refractivity contribution < 1.29 is 19.2 Å². The second-order valence-corrected chi connectivity index (χ2v) is 6.37. The van der Waals surface area contributed by atoms with Crippen LogP contribution in [0.15, 0.2) is 47.2 Å². The van der Waals surface area contributed by atoms with Gasteiger partial charge in [0.2, 0.25) is 0 Å². The van der Waals surface area contributed by atoms with Gasteiger partial charge in [-0.1, -0.05) is 29.4 Å². The number of carbonyl (C=O) groups is 2. The van der Waals surface area contributed by atoms with Gasteiger partial charge < -0.3 is 14.9 Å². The second-order valence-electron chi connectivity index (χ2n) is 6.37. The predicted molar refractivity (Wildman–Crippen MR) is 96.2 cm³/mol. The van der Waals surface area contributed by atoms with Crippen LogP contribution in [0.5, 0.6) is 0 Å². The van der Waals surface area contributed by atoms with Crippen LogP contribution in [0.4, 0.5) is 0 Å². The topological polar surface area (TPSA) is 110 Å². The summed E-state index contributed by atoms with van der Waals surface area (Å²) in [6.07, 6.45) is 3.35. The lowest BCUT2D eigenvalue weighted by Crippen LogP contribution is -2.30. The normalized spacial score (nSPS) is 11.9. The molecule has 2 aromatic heterocycles. The number of hydrogen-bond donors (Lipinski definition) is 2. The van der Waals surface area contributed by atoms with Crippen LogP contribution < -0.4 is 5.32 Å². The van der Waals surface area contributed by atoms with E-state index in [1.807, 2.05) is 38.2 Å². The van der Waals surface area contributed by atoms with Crippen LogP contribution in [0.3, 0.4) is 0 Å². The Morgan fingerprint density at radius 2 is 2.07 bits per heavy atom. The highest BCUT2D eigenvalue weighted by Gasteiger charge is 2.22. The molecular formula is C19H20N4O4. The molecule has 0 radical (unpaired) electrons. The van der Waals surface area contributed by atoms with Crippen LogP contribution in [0.1, 0.15) is 45.4 Å². The fourth-order valence-electron chi connectivity index (χ4n) is 2.83. The Hall–Kier alpha value is -3.42. The summed E-state index contributed by atoms with van der Waals surface area (Å²) in [5.41, 5.74) is 2.77. The van der Waals surface area contributed by atoms with Gasteiger partial charge in [0.05, 0.1) is 18.7 Å². The molecule has 8 nitrogen and oxygen atoms in total. The Morgan fingerprint density at radius 1 is 1.30 bits per heavy atom. The van der Waals surface area contributed by atoms with Gasteiger partial charge in [-0.3, -0.25) is 14.3 Å². The molecule has 0 aliphatic rings. The molecule has 3 aromatic rings. The molecule has 1 atom stereocenters. The number of carboxylic acid groups (broad SMARTS) is 1. The van der Waals surface area contributed by atoms with Gasteiger partial charge in [-0.25, -0.2) is 0 Å². The van der Waals surface area contributed by atoms with Crippen molar-refractivity contribution in [3.63, 3.8) is 0 Å². The van der Waals surface area contributed by atoms with E-state index in [0.717, 1.165) is 16.7 Å². The summed E-state index contributed by atoms with van der Waals surface area (Å²) in [4.78, 5) is 23.8. The Balaban J connectivity index is 1.74. The minimum atomic E-state index is -1.00. The summed E-state index contributed by atoms with van der Waals surface area (Å²) in [6.45, 7) is 4.15. The number of aromatic nitrogens is 3. The van der Waals surface area contributed by atoms with Gasteiger partial charge >= 0.3 is 5.97 Å². The minimum Gasteiger partial charge on any atom is -0.481 e. The number of aryl methyl sites for hydroxylation is 2. The van der Waals surface area contributed by atoms with Crippen LogP contribution in [0, 0.1) is 13.8 Å². The molecule has 27 heavy (non-hydrogen) atoms.